The Morgan fingerprint density at radius 2 is 2.22 bits per heavy atom. The fourth-order valence-corrected chi connectivity index (χ4v) is 2.36. The van der Waals surface area contributed by atoms with E-state index in [1.807, 2.05) is 0 Å². The molecule has 1 amide bonds. The molecule has 4 N–H and O–H groups in total. The molecule has 0 saturated heterocycles. The largest absolute Gasteiger partial charge is 0.396 e. The zero-order chi connectivity index (χ0) is 13.8. The zero-order valence-electron chi connectivity index (χ0n) is 10.3. The van der Waals surface area contributed by atoms with Crippen LogP contribution in [0.3, 0.4) is 0 Å². The second-order valence-electron chi connectivity index (χ2n) is 3.64. The minimum atomic E-state index is -3.33. The summed E-state index contributed by atoms with van der Waals surface area (Å²) in [5.41, 5.74) is 6.05. The molecule has 8 nitrogen and oxygen atoms in total. The topological polar surface area (TPSA) is 119 Å². The lowest BCUT2D eigenvalue weighted by atomic mass is 10.3. The van der Waals surface area contributed by atoms with Crippen LogP contribution in [0, 0.1) is 0 Å². The summed E-state index contributed by atoms with van der Waals surface area (Å²) in [5, 5.41) is 6.31. The zero-order valence-corrected chi connectivity index (χ0v) is 11.1. The number of aromatic nitrogens is 2. The van der Waals surface area contributed by atoms with Crippen molar-refractivity contribution in [2.75, 3.05) is 24.6 Å². The van der Waals surface area contributed by atoms with Crippen LogP contribution >= 0.6 is 0 Å². The fraction of sp³-hybridized carbons (Fsp3) is 0.556. The summed E-state index contributed by atoms with van der Waals surface area (Å²) in [7, 11) is -1.75. The van der Waals surface area contributed by atoms with Crippen molar-refractivity contribution in [3.8, 4) is 0 Å². The standard InChI is InChI=1S/C9H17N5O3S/c1-3-13-18(16,17)5-4-11-9(15)8-7(10)6-12-14(8)2/h6,13H,3-5,10H2,1-2H3,(H,11,15). The van der Waals surface area contributed by atoms with Crippen LogP contribution in [0.1, 0.15) is 17.4 Å². The number of rotatable bonds is 6. The molecule has 0 aliphatic heterocycles. The molecule has 1 aromatic heterocycles. The first-order valence-corrected chi connectivity index (χ1v) is 7.05. The molecule has 0 aliphatic rings. The number of carbonyl (C=O) groups excluding carboxylic acids is 1. The van der Waals surface area contributed by atoms with Crippen molar-refractivity contribution in [1.82, 2.24) is 19.8 Å². The van der Waals surface area contributed by atoms with E-state index in [4.69, 9.17) is 5.73 Å². The lowest BCUT2D eigenvalue weighted by Crippen LogP contribution is -2.35. The van der Waals surface area contributed by atoms with Gasteiger partial charge in [0, 0.05) is 20.1 Å². The highest BCUT2D eigenvalue weighted by Gasteiger charge is 2.15. The Balaban J connectivity index is 2.53. The quantitative estimate of drug-likeness (QED) is 0.594. The maximum Gasteiger partial charge on any atom is 0.271 e. The predicted molar refractivity (Wildman–Crippen MR) is 67.4 cm³/mol. The van der Waals surface area contributed by atoms with Crippen molar-refractivity contribution in [3.63, 3.8) is 0 Å². The van der Waals surface area contributed by atoms with Crippen LogP contribution < -0.4 is 15.8 Å². The van der Waals surface area contributed by atoms with Gasteiger partial charge in [-0.2, -0.15) is 5.10 Å². The Kier molecular flexibility index (Phi) is 4.68. The average molecular weight is 275 g/mol. The van der Waals surface area contributed by atoms with E-state index in [1.54, 1.807) is 14.0 Å². The number of nitrogen functional groups attached to an aromatic ring is 1. The summed E-state index contributed by atoms with van der Waals surface area (Å²) < 4.78 is 26.3. The van der Waals surface area contributed by atoms with Crippen LogP contribution in [0.15, 0.2) is 6.20 Å². The number of sulfonamides is 1. The van der Waals surface area contributed by atoms with Crippen LogP contribution in [0.25, 0.3) is 0 Å². The maximum absolute atomic E-state index is 11.7. The second kappa shape index (κ2) is 5.83. The highest BCUT2D eigenvalue weighted by Crippen LogP contribution is 2.08. The van der Waals surface area contributed by atoms with Gasteiger partial charge < -0.3 is 11.1 Å². The predicted octanol–water partition coefficient (Wildman–Crippen LogP) is -1.33. The third-order valence-corrected chi connectivity index (χ3v) is 3.67. The van der Waals surface area contributed by atoms with Gasteiger partial charge >= 0.3 is 0 Å². The summed E-state index contributed by atoms with van der Waals surface area (Å²) in [6.45, 7) is 2.02. The van der Waals surface area contributed by atoms with E-state index in [0.717, 1.165) is 0 Å². The normalized spacial score (nSPS) is 11.4. The highest BCUT2D eigenvalue weighted by molar-refractivity contribution is 7.89. The number of nitrogens with two attached hydrogens (primary N) is 1. The molecule has 0 bridgehead atoms. The monoisotopic (exact) mass is 275 g/mol. The van der Waals surface area contributed by atoms with Gasteiger partial charge in [0.05, 0.1) is 17.6 Å². The van der Waals surface area contributed by atoms with E-state index in [-0.39, 0.29) is 23.7 Å². The summed E-state index contributed by atoms with van der Waals surface area (Å²) in [5.74, 6) is -0.621. The van der Waals surface area contributed by atoms with Gasteiger partial charge in [-0.3, -0.25) is 9.48 Å². The summed E-state index contributed by atoms with van der Waals surface area (Å²) in [6, 6.07) is 0. The molecule has 0 spiro atoms. The van der Waals surface area contributed by atoms with Crippen molar-refractivity contribution < 1.29 is 13.2 Å². The number of aryl methyl sites for hydroxylation is 1. The van der Waals surface area contributed by atoms with Gasteiger partial charge in [-0.15, -0.1) is 0 Å². The van der Waals surface area contributed by atoms with Gasteiger partial charge in [-0.1, -0.05) is 6.92 Å². The number of amides is 1. The number of hydrogen-bond donors (Lipinski definition) is 3. The third kappa shape index (κ3) is 3.70. The number of hydrogen-bond acceptors (Lipinski definition) is 5. The molecular weight excluding hydrogens is 258 g/mol. The molecule has 9 heteroatoms. The molecule has 18 heavy (non-hydrogen) atoms. The molecule has 0 aliphatic carbocycles. The first kappa shape index (κ1) is 14.5. The maximum atomic E-state index is 11.7. The minimum Gasteiger partial charge on any atom is -0.396 e. The molecule has 0 saturated carbocycles. The van der Waals surface area contributed by atoms with Crippen LogP contribution in [0.4, 0.5) is 5.69 Å². The van der Waals surface area contributed by atoms with Gasteiger partial charge in [0.15, 0.2) is 0 Å². The molecular formula is C9H17N5O3S. The smallest absolute Gasteiger partial charge is 0.271 e. The van der Waals surface area contributed by atoms with Crippen LogP contribution in [0.5, 0.6) is 0 Å². The lowest BCUT2D eigenvalue weighted by Gasteiger charge is -2.07. The highest BCUT2D eigenvalue weighted by atomic mass is 32.2. The van der Waals surface area contributed by atoms with Crippen molar-refractivity contribution in [2.24, 2.45) is 7.05 Å². The average Bonchev–Trinajstić information content (AvgIpc) is 2.58. The Hall–Kier alpha value is -1.61. The van der Waals surface area contributed by atoms with Gasteiger partial charge in [-0.05, 0) is 0 Å². The third-order valence-electron chi connectivity index (χ3n) is 2.20. The first-order valence-electron chi connectivity index (χ1n) is 5.40. The Morgan fingerprint density at radius 3 is 2.72 bits per heavy atom. The van der Waals surface area contributed by atoms with E-state index in [2.05, 4.69) is 15.1 Å². The van der Waals surface area contributed by atoms with Crippen molar-refractivity contribution in [3.05, 3.63) is 11.9 Å². The molecule has 0 aromatic carbocycles. The molecule has 0 fully saturated rings. The first-order chi connectivity index (χ1) is 8.37. The minimum absolute atomic E-state index is 0.0127. The molecule has 0 unspecified atom stereocenters. The summed E-state index contributed by atoms with van der Waals surface area (Å²) >= 11 is 0. The second-order valence-corrected chi connectivity index (χ2v) is 5.57. The van der Waals surface area contributed by atoms with Gasteiger partial charge in [0.1, 0.15) is 5.69 Å². The number of anilines is 1. The Morgan fingerprint density at radius 1 is 1.56 bits per heavy atom. The van der Waals surface area contributed by atoms with Gasteiger partial charge in [0.25, 0.3) is 5.91 Å². The van der Waals surface area contributed by atoms with E-state index in [9.17, 15) is 13.2 Å². The van der Waals surface area contributed by atoms with Crippen LogP contribution in [-0.4, -0.2) is 42.9 Å². The number of nitrogens with one attached hydrogen (secondary N) is 2. The molecule has 102 valence electrons. The summed E-state index contributed by atoms with van der Waals surface area (Å²) in [6.07, 6.45) is 1.37. The molecule has 1 rings (SSSR count). The van der Waals surface area contributed by atoms with E-state index in [0.29, 0.717) is 6.54 Å². The van der Waals surface area contributed by atoms with E-state index >= 15 is 0 Å². The van der Waals surface area contributed by atoms with Crippen LogP contribution in [-0.2, 0) is 17.1 Å². The SMILES string of the molecule is CCNS(=O)(=O)CCNC(=O)c1c(N)cnn1C. The Bertz CT molecular complexity index is 503. The number of carbonyl (C=O) groups is 1. The fourth-order valence-electron chi connectivity index (χ4n) is 1.41. The molecule has 1 heterocycles. The molecule has 0 atom stereocenters. The number of nitrogens with zero attached hydrogens (tertiary/aromatic N) is 2. The lowest BCUT2D eigenvalue weighted by molar-refractivity contribution is 0.0947. The van der Waals surface area contributed by atoms with E-state index in [1.165, 1.54) is 10.9 Å². The van der Waals surface area contributed by atoms with Gasteiger partial charge in [0.2, 0.25) is 10.0 Å². The van der Waals surface area contributed by atoms with Crippen molar-refractivity contribution in [2.45, 2.75) is 6.92 Å². The summed E-state index contributed by atoms with van der Waals surface area (Å²) in [4.78, 5) is 11.7. The molecule has 0 radical (unpaired) electrons. The van der Waals surface area contributed by atoms with Crippen molar-refractivity contribution >= 4 is 21.6 Å². The van der Waals surface area contributed by atoms with Gasteiger partial charge in [-0.25, -0.2) is 13.1 Å². The Labute approximate surface area is 106 Å². The van der Waals surface area contributed by atoms with Crippen molar-refractivity contribution in [1.29, 1.82) is 0 Å². The molecule has 1 aromatic rings. The van der Waals surface area contributed by atoms with E-state index < -0.39 is 15.9 Å². The van der Waals surface area contributed by atoms with Crippen LogP contribution in [0.2, 0.25) is 0 Å².